The zero-order valence-electron chi connectivity index (χ0n) is 15.4. The molecule has 2 heteroatoms. The van der Waals surface area contributed by atoms with E-state index in [9.17, 15) is 4.79 Å². The fourth-order valence-corrected chi connectivity index (χ4v) is 2.54. The minimum atomic E-state index is 0.213. The summed E-state index contributed by atoms with van der Waals surface area (Å²) in [4.78, 5) is 14.2. The van der Waals surface area contributed by atoms with Gasteiger partial charge in [-0.15, -0.1) is 0 Å². The van der Waals surface area contributed by atoms with Crippen molar-refractivity contribution in [2.45, 2.75) is 97.8 Å². The Hall–Kier alpha value is -0.790. The molecular weight excluding hydrogens is 270 g/mol. The van der Waals surface area contributed by atoms with E-state index in [-0.39, 0.29) is 5.91 Å². The maximum absolute atomic E-state index is 12.2. The third-order valence-corrected chi connectivity index (χ3v) is 4.11. The number of amides is 1. The van der Waals surface area contributed by atoms with Crippen LogP contribution in [-0.4, -0.2) is 23.9 Å². The minimum absolute atomic E-state index is 0.213. The molecule has 0 spiro atoms. The van der Waals surface area contributed by atoms with Crippen LogP contribution in [0.4, 0.5) is 0 Å². The van der Waals surface area contributed by atoms with Crippen molar-refractivity contribution in [2.24, 2.45) is 0 Å². The second kappa shape index (κ2) is 16.6. The largest absolute Gasteiger partial charge is 0.339 e. The van der Waals surface area contributed by atoms with Gasteiger partial charge in [-0.1, -0.05) is 78.2 Å². The van der Waals surface area contributed by atoms with Crippen molar-refractivity contribution in [3.05, 3.63) is 12.2 Å². The topological polar surface area (TPSA) is 20.3 Å². The quantitative estimate of drug-likeness (QED) is 0.264. The highest BCUT2D eigenvalue weighted by atomic mass is 16.2. The number of carbonyl (C=O) groups is 1. The second-order valence-corrected chi connectivity index (χ2v) is 6.34. The molecule has 0 aromatic rings. The van der Waals surface area contributed by atoms with Gasteiger partial charge in [-0.05, 0) is 31.8 Å². The molecule has 0 atom stereocenters. The number of nitrogens with zero attached hydrogens (tertiary/aromatic N) is 1. The van der Waals surface area contributed by atoms with Crippen molar-refractivity contribution in [3.8, 4) is 0 Å². The predicted octanol–water partition coefficient (Wildman–Crippen LogP) is 6.11. The van der Waals surface area contributed by atoms with Crippen LogP contribution in [0.5, 0.6) is 0 Å². The highest BCUT2D eigenvalue weighted by Crippen LogP contribution is 2.09. The molecule has 0 fully saturated rings. The summed E-state index contributed by atoms with van der Waals surface area (Å²) in [6, 6.07) is 0. The summed E-state index contributed by atoms with van der Waals surface area (Å²) in [7, 11) is 0. The SMILES string of the molecule is CCCCCCCCCC=CC(=O)N(CCCC)CCCC. The molecule has 0 bridgehead atoms. The van der Waals surface area contributed by atoms with Gasteiger partial charge in [0.15, 0.2) is 0 Å². The molecule has 0 saturated carbocycles. The van der Waals surface area contributed by atoms with E-state index in [1.165, 1.54) is 44.9 Å². The van der Waals surface area contributed by atoms with Gasteiger partial charge in [-0.2, -0.15) is 0 Å². The van der Waals surface area contributed by atoms with Crippen LogP contribution in [0, 0.1) is 0 Å². The van der Waals surface area contributed by atoms with Crippen LogP contribution in [0.25, 0.3) is 0 Å². The molecule has 22 heavy (non-hydrogen) atoms. The van der Waals surface area contributed by atoms with Crippen LogP contribution in [0.2, 0.25) is 0 Å². The summed E-state index contributed by atoms with van der Waals surface area (Å²) in [5.41, 5.74) is 0. The van der Waals surface area contributed by atoms with Crippen LogP contribution < -0.4 is 0 Å². The van der Waals surface area contributed by atoms with Gasteiger partial charge in [-0.3, -0.25) is 4.79 Å². The molecule has 2 nitrogen and oxygen atoms in total. The molecule has 0 heterocycles. The third kappa shape index (κ3) is 12.9. The predicted molar refractivity (Wildman–Crippen MR) is 98.1 cm³/mol. The third-order valence-electron chi connectivity index (χ3n) is 4.11. The molecular formula is C20H39NO. The molecule has 0 aliphatic heterocycles. The fourth-order valence-electron chi connectivity index (χ4n) is 2.54. The zero-order valence-corrected chi connectivity index (χ0v) is 15.4. The van der Waals surface area contributed by atoms with E-state index in [0.29, 0.717) is 0 Å². The lowest BCUT2D eigenvalue weighted by atomic mass is 10.1. The molecule has 0 saturated heterocycles. The second-order valence-electron chi connectivity index (χ2n) is 6.34. The normalized spacial score (nSPS) is 11.2. The monoisotopic (exact) mass is 309 g/mol. The van der Waals surface area contributed by atoms with Crippen molar-refractivity contribution >= 4 is 5.91 Å². The summed E-state index contributed by atoms with van der Waals surface area (Å²) in [5.74, 6) is 0.213. The van der Waals surface area contributed by atoms with Gasteiger partial charge in [0.05, 0.1) is 0 Å². The first-order valence-electron chi connectivity index (χ1n) is 9.71. The standard InChI is InChI=1S/C20H39NO/c1-4-7-10-11-12-13-14-15-16-17-20(22)21(18-8-5-2)19-9-6-3/h16-17H,4-15,18-19H2,1-3H3. The lowest BCUT2D eigenvalue weighted by molar-refractivity contribution is -0.126. The molecule has 0 N–H and O–H groups in total. The van der Waals surface area contributed by atoms with Gasteiger partial charge in [0.1, 0.15) is 0 Å². The Labute approximate surface area is 139 Å². The van der Waals surface area contributed by atoms with Crippen LogP contribution in [0.15, 0.2) is 12.2 Å². The average molecular weight is 310 g/mol. The average Bonchev–Trinajstić information content (AvgIpc) is 2.53. The van der Waals surface area contributed by atoms with Gasteiger partial charge in [0.2, 0.25) is 5.91 Å². The summed E-state index contributed by atoms with van der Waals surface area (Å²) < 4.78 is 0. The molecule has 130 valence electrons. The Morgan fingerprint density at radius 3 is 1.77 bits per heavy atom. The van der Waals surface area contributed by atoms with Crippen molar-refractivity contribution in [1.29, 1.82) is 0 Å². The Balaban J connectivity index is 3.79. The maximum Gasteiger partial charge on any atom is 0.246 e. The Kier molecular flexibility index (Phi) is 16.0. The van der Waals surface area contributed by atoms with E-state index in [0.717, 1.165) is 45.2 Å². The van der Waals surface area contributed by atoms with Gasteiger partial charge in [0, 0.05) is 13.1 Å². The van der Waals surface area contributed by atoms with Gasteiger partial charge < -0.3 is 4.90 Å². The highest BCUT2D eigenvalue weighted by Gasteiger charge is 2.08. The van der Waals surface area contributed by atoms with Crippen molar-refractivity contribution in [3.63, 3.8) is 0 Å². The lowest BCUT2D eigenvalue weighted by Crippen LogP contribution is -2.31. The number of unbranched alkanes of at least 4 members (excludes halogenated alkanes) is 9. The molecule has 1 amide bonds. The molecule has 0 rings (SSSR count). The molecule has 0 aromatic heterocycles. The van der Waals surface area contributed by atoms with Gasteiger partial charge in [0.25, 0.3) is 0 Å². The Morgan fingerprint density at radius 1 is 0.727 bits per heavy atom. The number of rotatable bonds is 15. The van der Waals surface area contributed by atoms with E-state index >= 15 is 0 Å². The van der Waals surface area contributed by atoms with Gasteiger partial charge >= 0.3 is 0 Å². The minimum Gasteiger partial charge on any atom is -0.339 e. The van der Waals surface area contributed by atoms with E-state index in [2.05, 4.69) is 26.8 Å². The molecule has 0 aliphatic carbocycles. The smallest absolute Gasteiger partial charge is 0.246 e. The van der Waals surface area contributed by atoms with Crippen LogP contribution in [-0.2, 0) is 4.79 Å². The van der Waals surface area contributed by atoms with Crippen molar-refractivity contribution in [2.75, 3.05) is 13.1 Å². The van der Waals surface area contributed by atoms with Crippen LogP contribution in [0.1, 0.15) is 97.8 Å². The fraction of sp³-hybridized carbons (Fsp3) is 0.850. The summed E-state index contributed by atoms with van der Waals surface area (Å²) in [6.45, 7) is 8.44. The first-order chi connectivity index (χ1) is 10.8. The number of allylic oxidation sites excluding steroid dienone is 1. The number of hydrogen-bond acceptors (Lipinski definition) is 1. The van der Waals surface area contributed by atoms with Crippen molar-refractivity contribution < 1.29 is 4.79 Å². The van der Waals surface area contributed by atoms with Crippen LogP contribution in [0.3, 0.4) is 0 Å². The first-order valence-corrected chi connectivity index (χ1v) is 9.71. The zero-order chi connectivity index (χ0) is 16.5. The Bertz CT molecular complexity index is 265. The number of hydrogen-bond donors (Lipinski definition) is 0. The van der Waals surface area contributed by atoms with E-state index in [1.807, 2.05) is 11.0 Å². The molecule has 0 unspecified atom stereocenters. The van der Waals surface area contributed by atoms with E-state index < -0.39 is 0 Å². The lowest BCUT2D eigenvalue weighted by Gasteiger charge is -2.20. The summed E-state index contributed by atoms with van der Waals surface area (Å²) >= 11 is 0. The molecule has 0 aromatic carbocycles. The van der Waals surface area contributed by atoms with Crippen molar-refractivity contribution in [1.82, 2.24) is 4.90 Å². The summed E-state index contributed by atoms with van der Waals surface area (Å²) in [6.07, 6.45) is 18.8. The maximum atomic E-state index is 12.2. The van der Waals surface area contributed by atoms with Crippen LogP contribution >= 0.6 is 0 Å². The summed E-state index contributed by atoms with van der Waals surface area (Å²) in [5, 5.41) is 0. The van der Waals surface area contributed by atoms with E-state index in [4.69, 9.17) is 0 Å². The molecule has 0 aliphatic rings. The highest BCUT2D eigenvalue weighted by molar-refractivity contribution is 5.87. The Morgan fingerprint density at radius 2 is 1.23 bits per heavy atom. The van der Waals surface area contributed by atoms with E-state index in [1.54, 1.807) is 0 Å². The van der Waals surface area contributed by atoms with Gasteiger partial charge in [-0.25, -0.2) is 0 Å². The number of carbonyl (C=O) groups excluding carboxylic acids is 1. The molecule has 0 radical (unpaired) electrons. The first kappa shape index (κ1) is 21.2.